The summed E-state index contributed by atoms with van der Waals surface area (Å²) in [7, 11) is 0. The van der Waals surface area contributed by atoms with Gasteiger partial charge in [-0.25, -0.2) is 4.39 Å². The van der Waals surface area contributed by atoms with Crippen molar-refractivity contribution >= 4 is 33.4 Å². The molecule has 0 aromatic heterocycles. The molecule has 108 valence electrons. The Morgan fingerprint density at radius 3 is 2.76 bits per heavy atom. The summed E-state index contributed by atoms with van der Waals surface area (Å²) in [4.78, 5) is 24.4. The molecule has 1 aliphatic rings. The molecule has 2 rings (SSSR count). The molecule has 0 fully saturated rings. The van der Waals surface area contributed by atoms with E-state index < -0.39 is 17.6 Å². The lowest BCUT2D eigenvalue weighted by Crippen LogP contribution is -2.34. The Balaban J connectivity index is 2.30. The summed E-state index contributed by atoms with van der Waals surface area (Å²) in [5.74, 6) is -1.78. The van der Waals surface area contributed by atoms with Crippen LogP contribution in [0.25, 0.3) is 0 Å². The first-order chi connectivity index (χ1) is 9.97. The van der Waals surface area contributed by atoms with Gasteiger partial charge in [-0.2, -0.15) is 5.26 Å². The van der Waals surface area contributed by atoms with E-state index in [1.54, 1.807) is 6.07 Å². The number of β-amino-alcohol motifs (C(OH)–C–C–N with tert-alkyl or cyclic N) is 1. The van der Waals surface area contributed by atoms with Crippen LogP contribution in [0.4, 0.5) is 10.1 Å². The third-order valence-corrected chi connectivity index (χ3v) is 3.39. The van der Waals surface area contributed by atoms with Crippen LogP contribution in [0.15, 0.2) is 28.4 Å². The van der Waals surface area contributed by atoms with Crippen LogP contribution in [-0.4, -0.2) is 35.0 Å². The van der Waals surface area contributed by atoms with Crippen molar-refractivity contribution in [2.75, 3.05) is 18.5 Å². The second-order valence-electron chi connectivity index (χ2n) is 4.13. The first kappa shape index (κ1) is 15.2. The van der Waals surface area contributed by atoms with Gasteiger partial charge in [0, 0.05) is 6.08 Å². The van der Waals surface area contributed by atoms with Gasteiger partial charge in [-0.3, -0.25) is 14.5 Å². The van der Waals surface area contributed by atoms with Crippen molar-refractivity contribution in [3.05, 3.63) is 39.8 Å². The largest absolute Gasteiger partial charge is 0.395 e. The lowest BCUT2D eigenvalue weighted by molar-refractivity contribution is -0.137. The SMILES string of the molecule is N#Cc1cc(F)c(Br)cc1NC1=CC(=O)N(CCO)C1=O. The second kappa shape index (κ2) is 6.03. The number of anilines is 1. The number of carbonyl (C=O) groups is 2. The van der Waals surface area contributed by atoms with E-state index in [4.69, 9.17) is 10.4 Å². The number of nitriles is 1. The van der Waals surface area contributed by atoms with Crippen molar-refractivity contribution in [2.45, 2.75) is 0 Å². The molecule has 1 aromatic rings. The van der Waals surface area contributed by atoms with Gasteiger partial charge in [-0.15, -0.1) is 0 Å². The average Bonchev–Trinajstić information content (AvgIpc) is 2.70. The van der Waals surface area contributed by atoms with Gasteiger partial charge in [0.2, 0.25) is 0 Å². The molecular formula is C13H9BrFN3O3. The molecule has 1 heterocycles. The van der Waals surface area contributed by atoms with Crippen LogP contribution in [0.5, 0.6) is 0 Å². The highest BCUT2D eigenvalue weighted by Gasteiger charge is 2.31. The molecule has 1 aliphatic heterocycles. The second-order valence-corrected chi connectivity index (χ2v) is 4.98. The summed E-state index contributed by atoms with van der Waals surface area (Å²) < 4.78 is 13.5. The number of aliphatic hydroxyl groups is 1. The predicted octanol–water partition coefficient (Wildman–Crippen LogP) is 1.12. The summed E-state index contributed by atoms with van der Waals surface area (Å²) in [5.41, 5.74) is 0.157. The lowest BCUT2D eigenvalue weighted by atomic mass is 10.2. The van der Waals surface area contributed by atoms with E-state index in [1.807, 2.05) is 0 Å². The van der Waals surface area contributed by atoms with Gasteiger partial charge in [0.1, 0.15) is 17.6 Å². The number of carbonyl (C=O) groups excluding carboxylic acids is 2. The fraction of sp³-hybridized carbons (Fsp3) is 0.154. The van der Waals surface area contributed by atoms with Gasteiger partial charge in [0.25, 0.3) is 11.8 Å². The Bertz CT molecular complexity index is 697. The zero-order valence-corrected chi connectivity index (χ0v) is 12.1. The van der Waals surface area contributed by atoms with Gasteiger partial charge in [-0.1, -0.05) is 0 Å². The molecule has 0 unspecified atom stereocenters. The van der Waals surface area contributed by atoms with Crippen molar-refractivity contribution in [1.82, 2.24) is 4.90 Å². The van der Waals surface area contributed by atoms with Gasteiger partial charge in [-0.05, 0) is 28.1 Å². The fourth-order valence-corrected chi connectivity index (χ4v) is 2.14. The van der Waals surface area contributed by atoms with E-state index in [9.17, 15) is 14.0 Å². The molecule has 2 N–H and O–H groups in total. The standard InChI is InChI=1S/C13H9BrFN3O3/c14-8-4-10(7(6-16)3-9(8)15)17-11-5-12(20)18(1-2-19)13(11)21/h3-5,17,19H,1-2H2. The average molecular weight is 354 g/mol. The molecule has 0 saturated carbocycles. The first-order valence-electron chi connectivity index (χ1n) is 5.82. The third kappa shape index (κ3) is 2.94. The number of imide groups is 1. The zero-order chi connectivity index (χ0) is 15.6. The molecule has 21 heavy (non-hydrogen) atoms. The number of aliphatic hydroxyl groups excluding tert-OH is 1. The lowest BCUT2D eigenvalue weighted by Gasteiger charge is -2.14. The molecule has 0 spiro atoms. The normalized spacial score (nSPS) is 14.2. The minimum absolute atomic E-state index is 0.00235. The monoisotopic (exact) mass is 353 g/mol. The molecule has 0 aliphatic carbocycles. The molecule has 6 nitrogen and oxygen atoms in total. The third-order valence-electron chi connectivity index (χ3n) is 2.78. The van der Waals surface area contributed by atoms with Crippen molar-refractivity contribution in [2.24, 2.45) is 0 Å². The van der Waals surface area contributed by atoms with Crippen LogP contribution in [0, 0.1) is 17.1 Å². The maximum Gasteiger partial charge on any atom is 0.277 e. The molecule has 0 radical (unpaired) electrons. The number of nitrogens with zero attached hydrogens (tertiary/aromatic N) is 2. The van der Waals surface area contributed by atoms with Crippen LogP contribution in [0.2, 0.25) is 0 Å². The molecule has 0 atom stereocenters. The zero-order valence-electron chi connectivity index (χ0n) is 10.6. The summed E-state index contributed by atoms with van der Waals surface area (Å²) >= 11 is 2.98. The Labute approximate surface area is 127 Å². The van der Waals surface area contributed by atoms with Gasteiger partial charge in [0.05, 0.1) is 28.9 Å². The minimum Gasteiger partial charge on any atom is -0.395 e. The number of benzene rings is 1. The summed E-state index contributed by atoms with van der Waals surface area (Å²) in [6.07, 6.45) is 1.07. The van der Waals surface area contributed by atoms with E-state index in [0.717, 1.165) is 17.0 Å². The molecule has 0 saturated heterocycles. The summed E-state index contributed by atoms with van der Waals surface area (Å²) in [6.45, 7) is -0.457. The minimum atomic E-state index is -0.613. The van der Waals surface area contributed by atoms with Crippen LogP contribution in [-0.2, 0) is 9.59 Å². The van der Waals surface area contributed by atoms with E-state index in [2.05, 4.69) is 21.2 Å². The smallest absolute Gasteiger partial charge is 0.277 e. The molecule has 8 heteroatoms. The molecule has 0 bridgehead atoms. The number of halogens is 2. The highest BCUT2D eigenvalue weighted by Crippen LogP contribution is 2.26. The summed E-state index contributed by atoms with van der Waals surface area (Å²) in [5, 5.41) is 20.4. The maximum absolute atomic E-state index is 13.4. The van der Waals surface area contributed by atoms with E-state index >= 15 is 0 Å². The number of hydrogen-bond acceptors (Lipinski definition) is 5. The summed E-state index contributed by atoms with van der Waals surface area (Å²) in [6, 6.07) is 4.12. The van der Waals surface area contributed by atoms with Crippen LogP contribution in [0.1, 0.15) is 5.56 Å². The van der Waals surface area contributed by atoms with Crippen molar-refractivity contribution in [3.63, 3.8) is 0 Å². The number of nitrogens with one attached hydrogen (secondary N) is 1. The Morgan fingerprint density at radius 1 is 1.43 bits per heavy atom. The Morgan fingerprint density at radius 2 is 2.14 bits per heavy atom. The predicted molar refractivity (Wildman–Crippen MR) is 74.3 cm³/mol. The van der Waals surface area contributed by atoms with Crippen molar-refractivity contribution < 1.29 is 19.1 Å². The first-order valence-corrected chi connectivity index (χ1v) is 6.61. The van der Waals surface area contributed by atoms with E-state index in [-0.39, 0.29) is 34.6 Å². The van der Waals surface area contributed by atoms with Crippen LogP contribution in [0.3, 0.4) is 0 Å². The van der Waals surface area contributed by atoms with Gasteiger partial charge >= 0.3 is 0 Å². The molecule has 1 aromatic carbocycles. The number of rotatable bonds is 4. The highest BCUT2D eigenvalue weighted by atomic mass is 79.9. The van der Waals surface area contributed by atoms with Gasteiger partial charge < -0.3 is 10.4 Å². The Kier molecular flexibility index (Phi) is 4.35. The van der Waals surface area contributed by atoms with Crippen LogP contribution < -0.4 is 5.32 Å². The highest BCUT2D eigenvalue weighted by molar-refractivity contribution is 9.10. The van der Waals surface area contributed by atoms with E-state index in [1.165, 1.54) is 6.07 Å². The number of amides is 2. The molecule has 2 amide bonds. The quantitative estimate of drug-likeness (QED) is 0.791. The van der Waals surface area contributed by atoms with E-state index in [0.29, 0.717) is 0 Å². The Hall–Kier alpha value is -2.24. The topological polar surface area (TPSA) is 93.4 Å². The maximum atomic E-state index is 13.4. The number of hydrogen-bond donors (Lipinski definition) is 2. The molecular weight excluding hydrogens is 345 g/mol. The van der Waals surface area contributed by atoms with Crippen LogP contribution >= 0.6 is 15.9 Å². The van der Waals surface area contributed by atoms with Crippen molar-refractivity contribution in [1.29, 1.82) is 5.26 Å². The van der Waals surface area contributed by atoms with Gasteiger partial charge in [0.15, 0.2) is 0 Å². The van der Waals surface area contributed by atoms with Crippen molar-refractivity contribution in [3.8, 4) is 6.07 Å². The fourth-order valence-electron chi connectivity index (χ4n) is 1.80.